The van der Waals surface area contributed by atoms with E-state index < -0.39 is 24.5 Å². The van der Waals surface area contributed by atoms with Gasteiger partial charge in [0.15, 0.2) is 17.5 Å². The molecule has 2 aliphatic rings. The van der Waals surface area contributed by atoms with Crippen LogP contribution in [0.25, 0.3) is 22.3 Å². The highest BCUT2D eigenvalue weighted by atomic mass is 16.6. The number of anilines is 1. The maximum absolute atomic E-state index is 10.7. The Morgan fingerprint density at radius 3 is 2.88 bits per heavy atom. The standard InChI is InChI=1S/C22H24N6O5/c29-18-15(5-7-23-22-27-13-3-1-2-4-14(13)33-22)32-21(19(18)30)28-11-26-17-16(12-6-8-31-9-12)24-10-25-20(17)28/h1-4,10-12,15,18-19,21,29-30H,5-9H2,(H,23,27)/t12?,15-,18+,19+,21-/m1/s1. The van der Waals surface area contributed by atoms with Crippen molar-refractivity contribution in [3.8, 4) is 0 Å². The van der Waals surface area contributed by atoms with E-state index in [4.69, 9.17) is 13.9 Å². The van der Waals surface area contributed by atoms with Crippen molar-refractivity contribution in [2.45, 2.75) is 43.3 Å². The number of nitrogens with zero attached hydrogens (tertiary/aromatic N) is 5. The van der Waals surface area contributed by atoms with Gasteiger partial charge in [0.2, 0.25) is 0 Å². The summed E-state index contributed by atoms with van der Waals surface area (Å²) in [7, 11) is 0. The highest BCUT2D eigenvalue weighted by molar-refractivity contribution is 5.74. The minimum absolute atomic E-state index is 0.171. The summed E-state index contributed by atoms with van der Waals surface area (Å²) < 4.78 is 18.9. The summed E-state index contributed by atoms with van der Waals surface area (Å²) in [6, 6.07) is 7.91. The number of aliphatic hydroxyl groups excluding tert-OH is 2. The summed E-state index contributed by atoms with van der Waals surface area (Å²) in [5, 5.41) is 24.4. The number of aromatic nitrogens is 5. The summed E-state index contributed by atoms with van der Waals surface area (Å²) in [5.74, 6) is 0.171. The Bertz CT molecular complexity index is 1240. The predicted octanol–water partition coefficient (Wildman–Crippen LogP) is 1.59. The number of hydrogen-bond donors (Lipinski definition) is 3. The molecule has 0 bridgehead atoms. The first kappa shape index (κ1) is 20.5. The third kappa shape index (κ3) is 3.62. The number of benzene rings is 1. The largest absolute Gasteiger partial charge is 0.424 e. The minimum Gasteiger partial charge on any atom is -0.424 e. The molecule has 6 rings (SSSR count). The van der Waals surface area contributed by atoms with E-state index in [1.807, 2.05) is 24.3 Å². The van der Waals surface area contributed by atoms with Gasteiger partial charge in [-0.15, -0.1) is 0 Å². The van der Waals surface area contributed by atoms with Gasteiger partial charge in [0.05, 0.1) is 24.7 Å². The number of rotatable bonds is 6. The molecule has 172 valence electrons. The van der Waals surface area contributed by atoms with E-state index >= 15 is 0 Å². The Hall–Kier alpha value is -3.12. The average Bonchev–Trinajstić information content (AvgIpc) is 3.62. The van der Waals surface area contributed by atoms with Gasteiger partial charge in [0, 0.05) is 19.1 Å². The maximum atomic E-state index is 10.7. The summed E-state index contributed by atoms with van der Waals surface area (Å²) >= 11 is 0. The molecule has 11 nitrogen and oxygen atoms in total. The zero-order valence-corrected chi connectivity index (χ0v) is 17.7. The smallest absolute Gasteiger partial charge is 0.295 e. The van der Waals surface area contributed by atoms with E-state index in [2.05, 4.69) is 25.3 Å². The second kappa shape index (κ2) is 8.34. The lowest BCUT2D eigenvalue weighted by atomic mass is 10.0. The topological polar surface area (TPSA) is 141 Å². The first-order chi connectivity index (χ1) is 16.2. The number of hydrogen-bond acceptors (Lipinski definition) is 10. The lowest BCUT2D eigenvalue weighted by Crippen LogP contribution is -2.32. The molecule has 5 atom stereocenters. The van der Waals surface area contributed by atoms with E-state index in [-0.39, 0.29) is 5.92 Å². The average molecular weight is 452 g/mol. The Balaban J connectivity index is 1.16. The molecule has 33 heavy (non-hydrogen) atoms. The van der Waals surface area contributed by atoms with Crippen LogP contribution in [-0.2, 0) is 9.47 Å². The fourth-order valence-electron chi connectivity index (χ4n) is 4.57. The molecule has 0 saturated carbocycles. The van der Waals surface area contributed by atoms with Gasteiger partial charge < -0.3 is 29.4 Å². The highest BCUT2D eigenvalue weighted by Gasteiger charge is 2.44. The lowest BCUT2D eigenvalue weighted by molar-refractivity contribution is -0.0359. The van der Waals surface area contributed by atoms with Crippen LogP contribution < -0.4 is 5.32 Å². The Morgan fingerprint density at radius 2 is 2.03 bits per heavy atom. The van der Waals surface area contributed by atoms with Crippen LogP contribution in [0.15, 0.2) is 41.3 Å². The molecule has 1 unspecified atom stereocenters. The van der Waals surface area contributed by atoms with Gasteiger partial charge in [-0.25, -0.2) is 15.0 Å². The quantitative estimate of drug-likeness (QED) is 0.395. The number of imidazole rings is 1. The molecule has 2 saturated heterocycles. The SMILES string of the molecule is O[C@@H]1[C@H](O)[C@H](n2cnc3c(C4CCOC4)ncnc32)O[C@@H]1CCNc1nc2ccccc2o1. The molecule has 3 aromatic heterocycles. The van der Waals surface area contributed by atoms with E-state index in [1.165, 1.54) is 6.33 Å². The molecule has 0 amide bonds. The third-order valence-electron chi connectivity index (χ3n) is 6.31. The van der Waals surface area contributed by atoms with Gasteiger partial charge in [-0.1, -0.05) is 12.1 Å². The molecule has 0 spiro atoms. The minimum atomic E-state index is -1.12. The van der Waals surface area contributed by atoms with Gasteiger partial charge in [0.25, 0.3) is 6.01 Å². The number of ether oxygens (including phenoxy) is 2. The van der Waals surface area contributed by atoms with E-state index in [9.17, 15) is 10.2 Å². The number of oxazole rings is 1. The second-order valence-electron chi connectivity index (χ2n) is 8.39. The van der Waals surface area contributed by atoms with Gasteiger partial charge in [0.1, 0.15) is 29.6 Å². The van der Waals surface area contributed by atoms with Crippen LogP contribution in [0.1, 0.15) is 30.7 Å². The molecule has 0 radical (unpaired) electrons. The Kier molecular flexibility index (Phi) is 5.18. The fraction of sp³-hybridized carbons (Fsp3) is 0.455. The summed E-state index contributed by atoms with van der Waals surface area (Å²) in [6.07, 6.45) is 0.847. The second-order valence-corrected chi connectivity index (χ2v) is 8.39. The monoisotopic (exact) mass is 452 g/mol. The highest BCUT2D eigenvalue weighted by Crippen LogP contribution is 2.34. The van der Waals surface area contributed by atoms with Gasteiger partial charge in [-0.05, 0) is 25.0 Å². The predicted molar refractivity (Wildman–Crippen MR) is 117 cm³/mol. The van der Waals surface area contributed by atoms with Gasteiger partial charge in [-0.3, -0.25) is 4.57 Å². The van der Waals surface area contributed by atoms with Crippen molar-refractivity contribution in [3.05, 3.63) is 42.6 Å². The molecule has 2 aliphatic heterocycles. The molecule has 2 fully saturated rings. The van der Waals surface area contributed by atoms with E-state index in [1.54, 1.807) is 10.9 Å². The zero-order chi connectivity index (χ0) is 22.4. The van der Waals surface area contributed by atoms with E-state index in [0.29, 0.717) is 48.9 Å². The van der Waals surface area contributed by atoms with Crippen LogP contribution >= 0.6 is 0 Å². The summed E-state index contributed by atoms with van der Waals surface area (Å²) in [6.45, 7) is 1.76. The Morgan fingerprint density at radius 1 is 1.12 bits per heavy atom. The third-order valence-corrected chi connectivity index (χ3v) is 6.31. The first-order valence-electron chi connectivity index (χ1n) is 11.1. The van der Waals surface area contributed by atoms with Crippen molar-refractivity contribution in [1.82, 2.24) is 24.5 Å². The fourth-order valence-corrected chi connectivity index (χ4v) is 4.57. The van der Waals surface area contributed by atoms with Crippen LogP contribution in [0.5, 0.6) is 0 Å². The van der Waals surface area contributed by atoms with Gasteiger partial charge >= 0.3 is 0 Å². The van der Waals surface area contributed by atoms with Gasteiger partial charge in [-0.2, -0.15) is 4.98 Å². The van der Waals surface area contributed by atoms with Crippen LogP contribution in [-0.4, -0.2) is 72.8 Å². The Labute approximate surface area is 188 Å². The van der Waals surface area contributed by atoms with Crippen molar-refractivity contribution in [1.29, 1.82) is 0 Å². The molecule has 1 aromatic carbocycles. The lowest BCUT2D eigenvalue weighted by Gasteiger charge is -2.17. The first-order valence-corrected chi connectivity index (χ1v) is 11.1. The van der Waals surface area contributed by atoms with Crippen molar-refractivity contribution >= 4 is 28.3 Å². The summed E-state index contributed by atoms with van der Waals surface area (Å²) in [5.41, 5.74) is 3.53. The maximum Gasteiger partial charge on any atom is 0.295 e. The van der Waals surface area contributed by atoms with Crippen LogP contribution in [0, 0.1) is 0 Å². The van der Waals surface area contributed by atoms with Crippen LogP contribution in [0.4, 0.5) is 6.01 Å². The number of nitrogens with one attached hydrogen (secondary N) is 1. The molecular formula is C22H24N6O5. The van der Waals surface area contributed by atoms with Crippen molar-refractivity contribution < 1.29 is 24.1 Å². The van der Waals surface area contributed by atoms with Crippen molar-refractivity contribution in [3.63, 3.8) is 0 Å². The molecule has 0 aliphatic carbocycles. The van der Waals surface area contributed by atoms with E-state index in [0.717, 1.165) is 17.6 Å². The normalized spacial score (nSPS) is 27.6. The number of fused-ring (bicyclic) bond motifs is 2. The van der Waals surface area contributed by atoms with Crippen molar-refractivity contribution in [2.75, 3.05) is 25.1 Å². The summed E-state index contributed by atoms with van der Waals surface area (Å²) in [4.78, 5) is 17.7. The molecule has 4 aromatic rings. The molecule has 3 N–H and O–H groups in total. The number of aliphatic hydroxyl groups is 2. The zero-order valence-electron chi connectivity index (χ0n) is 17.7. The molecule has 11 heteroatoms. The van der Waals surface area contributed by atoms with Crippen LogP contribution in [0.3, 0.4) is 0 Å². The van der Waals surface area contributed by atoms with Crippen molar-refractivity contribution in [2.24, 2.45) is 0 Å². The van der Waals surface area contributed by atoms with Crippen LogP contribution in [0.2, 0.25) is 0 Å². The molecular weight excluding hydrogens is 428 g/mol. The molecule has 5 heterocycles. The number of para-hydroxylation sites is 2.